The van der Waals surface area contributed by atoms with E-state index in [1.165, 1.54) is 17.9 Å². The zero-order chi connectivity index (χ0) is 34.4. The lowest BCUT2D eigenvalue weighted by molar-refractivity contribution is -0.143. The smallest absolute Gasteiger partial charge is 0.415 e. The van der Waals surface area contributed by atoms with Gasteiger partial charge in [0, 0.05) is 12.5 Å². The number of anilines is 1. The zero-order valence-corrected chi connectivity index (χ0v) is 28.8. The Morgan fingerprint density at radius 2 is 1.81 bits per heavy atom. The molecule has 0 aromatic heterocycles. The fourth-order valence-corrected chi connectivity index (χ4v) is 6.05. The molecule has 0 aliphatic carbocycles. The number of allylic oxidation sites excluding steroid dienone is 2. The van der Waals surface area contributed by atoms with Gasteiger partial charge in [0.05, 0.1) is 26.0 Å². The minimum atomic E-state index is -1.58. The van der Waals surface area contributed by atoms with Crippen LogP contribution in [0.2, 0.25) is 19.6 Å². The van der Waals surface area contributed by atoms with Gasteiger partial charge in [-0.25, -0.2) is 4.79 Å². The number of amides is 1. The Hall–Kier alpha value is -4.68. The predicted molar refractivity (Wildman–Crippen MR) is 180 cm³/mol. The summed E-state index contributed by atoms with van der Waals surface area (Å²) in [5.41, 5.74) is 2.11. The molecule has 4 rings (SSSR count). The monoisotopic (exact) mass is 659 g/mol. The normalized spacial score (nSPS) is 21.4. The van der Waals surface area contributed by atoms with Gasteiger partial charge in [0.15, 0.2) is 22.7 Å². The Balaban J connectivity index is 1.81. The lowest BCUT2D eigenvalue weighted by atomic mass is 9.74. The number of methoxy groups -OCH3 is 2. The van der Waals surface area contributed by atoms with Crippen molar-refractivity contribution in [1.29, 1.82) is 0 Å². The Morgan fingerprint density at radius 1 is 1.09 bits per heavy atom. The molecule has 1 fully saturated rings. The molecule has 10 nitrogen and oxygen atoms in total. The molecular formula is C36H41NO9Si. The van der Waals surface area contributed by atoms with Crippen molar-refractivity contribution in [3.63, 3.8) is 0 Å². The first kappa shape index (κ1) is 35.2. The molecule has 2 heterocycles. The van der Waals surface area contributed by atoms with Crippen LogP contribution in [0.15, 0.2) is 61.2 Å². The predicted octanol–water partition coefficient (Wildman–Crippen LogP) is 5.14. The van der Waals surface area contributed by atoms with Crippen LogP contribution >= 0.6 is 0 Å². The minimum absolute atomic E-state index is 0.0509. The van der Waals surface area contributed by atoms with E-state index in [0.29, 0.717) is 28.5 Å². The zero-order valence-electron chi connectivity index (χ0n) is 27.8. The maximum absolute atomic E-state index is 13.7. The second kappa shape index (κ2) is 14.4. The molecule has 47 heavy (non-hydrogen) atoms. The van der Waals surface area contributed by atoms with Gasteiger partial charge in [0.1, 0.15) is 39.7 Å². The van der Waals surface area contributed by atoms with Gasteiger partial charge >= 0.3 is 12.1 Å². The molecule has 11 heteroatoms. The van der Waals surface area contributed by atoms with Gasteiger partial charge in [-0.15, -0.1) is 5.54 Å². The first-order valence-corrected chi connectivity index (χ1v) is 18.6. The molecular weight excluding hydrogens is 618 g/mol. The lowest BCUT2D eigenvalue weighted by Crippen LogP contribution is -2.59. The molecule has 2 aromatic carbocycles. The van der Waals surface area contributed by atoms with Crippen molar-refractivity contribution < 1.29 is 43.1 Å². The van der Waals surface area contributed by atoms with Gasteiger partial charge < -0.3 is 33.5 Å². The Morgan fingerprint density at radius 3 is 2.45 bits per heavy atom. The summed E-state index contributed by atoms with van der Waals surface area (Å²) in [4.78, 5) is 27.1. The third kappa shape index (κ3) is 7.33. The van der Waals surface area contributed by atoms with Crippen molar-refractivity contribution >= 4 is 25.8 Å². The van der Waals surface area contributed by atoms with E-state index in [1.54, 1.807) is 57.6 Å². The number of epoxide rings is 1. The van der Waals surface area contributed by atoms with Crippen LogP contribution in [-0.2, 0) is 31.2 Å². The van der Waals surface area contributed by atoms with Crippen LogP contribution in [0.5, 0.6) is 17.2 Å². The number of nitrogens with zero attached hydrogens (tertiary/aromatic N) is 1. The van der Waals surface area contributed by atoms with E-state index in [2.05, 4.69) is 49.5 Å². The third-order valence-electron chi connectivity index (χ3n) is 7.65. The third-order valence-corrected chi connectivity index (χ3v) is 8.55. The number of carbonyl (C=O) groups excluding carboxylic acids is 2. The Kier molecular flexibility index (Phi) is 10.8. The number of aliphatic hydroxyl groups is 1. The highest BCUT2D eigenvalue weighted by atomic mass is 28.3. The van der Waals surface area contributed by atoms with E-state index in [4.69, 9.17) is 28.4 Å². The van der Waals surface area contributed by atoms with Gasteiger partial charge in [0.25, 0.3) is 0 Å². The molecule has 1 N–H and O–H groups in total. The lowest BCUT2D eigenvalue weighted by Gasteiger charge is -2.40. The first-order chi connectivity index (χ1) is 22.3. The summed E-state index contributed by atoms with van der Waals surface area (Å²) >= 11 is 0. The quantitative estimate of drug-likeness (QED) is 0.122. The Bertz CT molecular complexity index is 1670. The molecule has 1 amide bonds. The van der Waals surface area contributed by atoms with E-state index in [0.717, 1.165) is 5.56 Å². The summed E-state index contributed by atoms with van der Waals surface area (Å²) in [7, 11) is 1.54. The maximum atomic E-state index is 13.7. The van der Waals surface area contributed by atoms with Gasteiger partial charge in [-0.3, -0.25) is 9.69 Å². The largest absolute Gasteiger partial charge is 0.493 e. The number of hydrogen-bond donors (Lipinski definition) is 1. The SMILES string of the molecule is C=CCOC(=O)N1c2ccc(OCc3ccc(OC)c(OC)c3)cc2[C@@]2(COC(C)=O)O[C@@]2([C@H](C)O)[C@@H]1C#C/C=C\C#C[Si](C)(C)C. The van der Waals surface area contributed by atoms with Crippen molar-refractivity contribution in [2.75, 3.05) is 32.3 Å². The average Bonchev–Trinajstić information content (AvgIpc) is 3.74. The van der Waals surface area contributed by atoms with E-state index in [-0.39, 0.29) is 19.8 Å². The van der Waals surface area contributed by atoms with Crippen LogP contribution in [0.1, 0.15) is 25.0 Å². The molecule has 2 aliphatic heterocycles. The van der Waals surface area contributed by atoms with Crippen LogP contribution in [-0.4, -0.2) is 70.4 Å². The molecule has 1 saturated heterocycles. The molecule has 2 aliphatic rings. The highest BCUT2D eigenvalue weighted by Gasteiger charge is 2.81. The second-order valence-electron chi connectivity index (χ2n) is 12.1. The number of hydrogen-bond acceptors (Lipinski definition) is 9. The topological polar surface area (TPSA) is 116 Å². The number of rotatable bonds is 10. The van der Waals surface area contributed by atoms with E-state index >= 15 is 0 Å². The molecule has 0 bridgehead atoms. The van der Waals surface area contributed by atoms with Crippen LogP contribution in [0.3, 0.4) is 0 Å². The summed E-state index contributed by atoms with van der Waals surface area (Å²) in [6, 6.07) is 9.55. The van der Waals surface area contributed by atoms with Crippen LogP contribution in [0.4, 0.5) is 10.5 Å². The summed E-state index contributed by atoms with van der Waals surface area (Å²) in [6.07, 6.45) is 2.82. The van der Waals surface area contributed by atoms with Gasteiger partial charge in [-0.1, -0.05) is 56.1 Å². The van der Waals surface area contributed by atoms with Crippen molar-refractivity contribution in [2.45, 2.75) is 63.4 Å². The van der Waals surface area contributed by atoms with Crippen molar-refractivity contribution in [3.05, 3.63) is 72.3 Å². The highest BCUT2D eigenvalue weighted by molar-refractivity contribution is 6.83. The summed E-state index contributed by atoms with van der Waals surface area (Å²) < 4.78 is 34.3. The summed E-state index contributed by atoms with van der Waals surface area (Å²) in [5, 5.41) is 11.3. The molecule has 4 atom stereocenters. The molecule has 0 saturated carbocycles. The van der Waals surface area contributed by atoms with Crippen LogP contribution < -0.4 is 19.1 Å². The number of aliphatic hydroxyl groups excluding tert-OH is 1. The van der Waals surface area contributed by atoms with Crippen molar-refractivity contribution in [1.82, 2.24) is 0 Å². The highest BCUT2D eigenvalue weighted by Crippen LogP contribution is 2.66. The summed E-state index contributed by atoms with van der Waals surface area (Å²) in [5.74, 6) is 10.2. The second-order valence-corrected chi connectivity index (χ2v) is 16.9. The number of ether oxygens (including phenoxy) is 6. The molecule has 0 radical (unpaired) electrons. The standard InChI is InChI=1S/C36H41NO9Si/c1-9-19-43-34(40)37-30-17-16-28(44-23-27-15-18-31(41-4)32(21-27)42-5)22-29(30)35(24-45-26(3)39)36(46-35,25(2)38)33(37)14-12-10-11-13-20-47(6,7)8/h9-11,15-18,21-22,25,33,38H,1,19,23-24H2,2-8H3/b11-10-/t25-,33-,35+,36-/m0/s1. The van der Waals surface area contributed by atoms with Gasteiger partial charge in [0.2, 0.25) is 0 Å². The van der Waals surface area contributed by atoms with Crippen LogP contribution in [0.25, 0.3) is 0 Å². The minimum Gasteiger partial charge on any atom is -0.493 e. The molecule has 0 spiro atoms. The van der Waals surface area contributed by atoms with E-state index in [1.807, 2.05) is 12.1 Å². The average molecular weight is 660 g/mol. The van der Waals surface area contributed by atoms with Gasteiger partial charge in [-0.2, -0.15) is 0 Å². The molecule has 248 valence electrons. The van der Waals surface area contributed by atoms with Crippen LogP contribution in [0, 0.1) is 23.3 Å². The van der Waals surface area contributed by atoms with E-state index < -0.39 is 43.5 Å². The summed E-state index contributed by atoms with van der Waals surface area (Å²) in [6.45, 7) is 12.8. The van der Waals surface area contributed by atoms with Crippen molar-refractivity contribution in [3.8, 4) is 40.6 Å². The van der Waals surface area contributed by atoms with E-state index in [9.17, 15) is 14.7 Å². The number of benzene rings is 2. The molecule has 0 unspecified atom stereocenters. The number of carbonyl (C=O) groups is 2. The number of fused-ring (bicyclic) bond motifs is 3. The number of esters is 1. The molecule has 2 aromatic rings. The van der Waals surface area contributed by atoms with Crippen molar-refractivity contribution in [2.24, 2.45) is 0 Å². The maximum Gasteiger partial charge on any atom is 0.415 e. The van der Waals surface area contributed by atoms with Gasteiger partial charge in [-0.05, 0) is 55.0 Å². The fourth-order valence-electron chi connectivity index (χ4n) is 5.53. The Labute approximate surface area is 277 Å². The first-order valence-electron chi connectivity index (χ1n) is 15.1. The fraction of sp³-hybridized carbons (Fsp3) is 0.389.